The van der Waals surface area contributed by atoms with E-state index in [4.69, 9.17) is 24.4 Å². The van der Waals surface area contributed by atoms with Crippen molar-refractivity contribution in [2.24, 2.45) is 11.8 Å². The van der Waals surface area contributed by atoms with Crippen LogP contribution in [-0.4, -0.2) is 38.6 Å². The van der Waals surface area contributed by atoms with Crippen LogP contribution in [0.4, 0.5) is 5.69 Å². The van der Waals surface area contributed by atoms with Gasteiger partial charge in [-0.25, -0.2) is 0 Å². The zero-order chi connectivity index (χ0) is 24.4. The number of hydrogen-bond acceptors (Lipinski definition) is 7. The second-order valence-corrected chi connectivity index (χ2v) is 15.2. The lowest BCUT2D eigenvalue weighted by atomic mass is 9.82. The first-order chi connectivity index (χ1) is 14.6. The van der Waals surface area contributed by atoms with Crippen LogP contribution in [0.5, 0.6) is 5.75 Å². The summed E-state index contributed by atoms with van der Waals surface area (Å²) in [4.78, 5) is 23.8. The summed E-state index contributed by atoms with van der Waals surface area (Å²) in [6, 6.07) is 5.48. The highest BCUT2D eigenvalue weighted by Gasteiger charge is 2.46. The molecule has 180 valence electrons. The van der Waals surface area contributed by atoms with E-state index in [1.165, 1.54) is 13.8 Å². The van der Waals surface area contributed by atoms with Gasteiger partial charge >= 0.3 is 5.97 Å². The van der Waals surface area contributed by atoms with Crippen LogP contribution in [0.25, 0.3) is 0 Å². The fourth-order valence-electron chi connectivity index (χ4n) is 3.48. The van der Waals surface area contributed by atoms with Gasteiger partial charge in [0.1, 0.15) is 11.9 Å². The van der Waals surface area contributed by atoms with Crippen LogP contribution < -0.4 is 10.5 Å². The Morgan fingerprint density at radius 2 is 1.75 bits per heavy atom. The van der Waals surface area contributed by atoms with E-state index in [2.05, 4.69) is 33.9 Å². The maximum atomic E-state index is 12.1. The molecule has 0 amide bonds. The van der Waals surface area contributed by atoms with E-state index in [9.17, 15) is 9.59 Å². The number of ketones is 1. The van der Waals surface area contributed by atoms with Crippen molar-refractivity contribution in [1.82, 2.24) is 0 Å². The molecule has 1 fully saturated rings. The van der Waals surface area contributed by atoms with Crippen molar-refractivity contribution in [2.45, 2.75) is 91.7 Å². The molecule has 32 heavy (non-hydrogen) atoms. The third kappa shape index (κ3) is 6.11. The molecule has 0 aliphatic carbocycles. The summed E-state index contributed by atoms with van der Waals surface area (Å²) in [6.45, 7) is 18.2. The maximum Gasteiger partial charge on any atom is 0.303 e. The highest BCUT2D eigenvalue weighted by atomic mass is 28.4. The van der Waals surface area contributed by atoms with Crippen LogP contribution >= 0.6 is 0 Å². The lowest BCUT2D eigenvalue weighted by molar-refractivity contribution is -0.241. The smallest absolute Gasteiger partial charge is 0.303 e. The molecule has 5 atom stereocenters. The second kappa shape index (κ2) is 9.93. The van der Waals surface area contributed by atoms with Crippen molar-refractivity contribution in [3.05, 3.63) is 23.8 Å². The van der Waals surface area contributed by atoms with Crippen LogP contribution in [0.15, 0.2) is 18.2 Å². The van der Waals surface area contributed by atoms with Crippen molar-refractivity contribution in [3.63, 3.8) is 0 Å². The van der Waals surface area contributed by atoms with Crippen molar-refractivity contribution < 1.29 is 28.2 Å². The Morgan fingerprint density at radius 1 is 1.12 bits per heavy atom. The molecule has 0 bridgehead atoms. The average Bonchev–Trinajstić information content (AvgIpc) is 2.66. The molecule has 1 aliphatic heterocycles. The predicted octanol–water partition coefficient (Wildman–Crippen LogP) is 4.69. The molecule has 0 radical (unpaired) electrons. The predicted molar refractivity (Wildman–Crippen MR) is 127 cm³/mol. The Bertz CT molecular complexity index is 834. The van der Waals surface area contributed by atoms with Gasteiger partial charge in [0.25, 0.3) is 0 Å². The number of ether oxygens (including phenoxy) is 3. The second-order valence-electron chi connectivity index (χ2n) is 10.4. The zero-order valence-electron chi connectivity index (χ0n) is 20.9. The first kappa shape index (κ1) is 26.4. The van der Waals surface area contributed by atoms with Crippen LogP contribution in [0.3, 0.4) is 0 Å². The third-order valence-electron chi connectivity index (χ3n) is 6.80. The zero-order valence-corrected chi connectivity index (χ0v) is 21.9. The van der Waals surface area contributed by atoms with Gasteiger partial charge in [-0.15, -0.1) is 0 Å². The van der Waals surface area contributed by atoms with Crippen molar-refractivity contribution in [1.29, 1.82) is 0 Å². The summed E-state index contributed by atoms with van der Waals surface area (Å²) in [5.74, 6) is -0.370. The quantitative estimate of drug-likeness (QED) is 0.354. The van der Waals surface area contributed by atoms with E-state index in [1.54, 1.807) is 6.07 Å². The molecule has 1 aromatic carbocycles. The number of carbonyl (C=O) groups excluding carboxylic acids is 2. The Kier molecular flexibility index (Phi) is 8.18. The maximum absolute atomic E-state index is 12.1. The van der Waals surface area contributed by atoms with E-state index in [0.717, 1.165) is 5.56 Å². The average molecular weight is 466 g/mol. The Labute approximate surface area is 193 Å². The number of Topliss-reactive ketones (excluding diaryl/α,β-unsaturated/α-hetero) is 1. The number of nitrogens with two attached hydrogens (primary N) is 1. The van der Waals surface area contributed by atoms with E-state index in [0.29, 0.717) is 18.0 Å². The normalized spacial score (nSPS) is 26.5. The van der Waals surface area contributed by atoms with Gasteiger partial charge in [-0.2, -0.15) is 0 Å². The molecule has 1 aliphatic rings. The van der Waals surface area contributed by atoms with Gasteiger partial charge in [-0.05, 0) is 48.7 Å². The monoisotopic (exact) mass is 465 g/mol. The third-order valence-corrected chi connectivity index (χ3v) is 11.3. The van der Waals surface area contributed by atoms with Gasteiger partial charge < -0.3 is 24.4 Å². The summed E-state index contributed by atoms with van der Waals surface area (Å²) in [6.07, 6.45) is -2.23. The Hall–Kier alpha value is -1.90. The number of rotatable bonds is 7. The first-order valence-corrected chi connectivity index (χ1v) is 14.1. The highest BCUT2D eigenvalue weighted by molar-refractivity contribution is 6.74. The number of carbonyl (C=O) groups is 2. The number of benzene rings is 1. The highest BCUT2D eigenvalue weighted by Crippen LogP contribution is 2.38. The molecule has 0 aromatic heterocycles. The van der Waals surface area contributed by atoms with Gasteiger partial charge in [0, 0.05) is 12.8 Å². The molecule has 8 heteroatoms. The minimum absolute atomic E-state index is 0.0923. The lowest BCUT2D eigenvalue weighted by Gasteiger charge is -2.42. The first-order valence-electron chi connectivity index (χ1n) is 11.2. The van der Waals surface area contributed by atoms with Gasteiger partial charge in [-0.1, -0.05) is 40.7 Å². The molecule has 1 heterocycles. The van der Waals surface area contributed by atoms with Crippen LogP contribution in [-0.2, 0) is 30.1 Å². The molecule has 0 saturated carbocycles. The minimum atomic E-state index is -1.88. The molecule has 1 saturated heterocycles. The standard InChI is InChI=1S/C24H39NO6Si/c1-14-15(2)22(29-17(4)27)23(31-21(14)16(3)26)30-20-11-10-18(12-19(20)25)13-28-32(8,9)24(5,6)7/h10-12,14-15,21-23H,13,25H2,1-9H3/t14-,15-,21?,22?,23+/m0/s1. The summed E-state index contributed by atoms with van der Waals surface area (Å²) in [5.41, 5.74) is 7.64. The molecule has 1 aromatic rings. The van der Waals surface area contributed by atoms with Gasteiger partial charge in [0.15, 0.2) is 20.2 Å². The molecule has 2 rings (SSSR count). The summed E-state index contributed by atoms with van der Waals surface area (Å²) in [7, 11) is -1.88. The van der Waals surface area contributed by atoms with Crippen molar-refractivity contribution in [2.75, 3.05) is 5.73 Å². The van der Waals surface area contributed by atoms with Gasteiger partial charge in [0.05, 0.1) is 12.3 Å². The van der Waals surface area contributed by atoms with Gasteiger partial charge in [-0.3, -0.25) is 9.59 Å². The summed E-state index contributed by atoms with van der Waals surface area (Å²) < 4.78 is 23.8. The van der Waals surface area contributed by atoms with E-state index in [1.807, 2.05) is 26.0 Å². The molecule has 2 unspecified atom stereocenters. The van der Waals surface area contributed by atoms with Gasteiger partial charge in [0.2, 0.25) is 6.29 Å². The topological polar surface area (TPSA) is 97.1 Å². The van der Waals surface area contributed by atoms with Crippen LogP contribution in [0.2, 0.25) is 18.1 Å². The van der Waals surface area contributed by atoms with E-state index >= 15 is 0 Å². The summed E-state index contributed by atoms with van der Waals surface area (Å²) in [5, 5.41) is 0.118. The molecule has 0 spiro atoms. The molecular formula is C24H39NO6Si. The summed E-state index contributed by atoms with van der Waals surface area (Å²) >= 11 is 0. The van der Waals surface area contributed by atoms with Crippen LogP contribution in [0, 0.1) is 11.8 Å². The molecular weight excluding hydrogens is 426 g/mol. The minimum Gasteiger partial charge on any atom is -0.459 e. The van der Waals surface area contributed by atoms with Crippen molar-refractivity contribution >= 4 is 25.8 Å². The fraction of sp³-hybridized carbons (Fsp3) is 0.667. The molecule has 2 N–H and O–H groups in total. The number of hydrogen-bond donors (Lipinski definition) is 1. The molecule has 7 nitrogen and oxygen atoms in total. The fourth-order valence-corrected chi connectivity index (χ4v) is 4.44. The Balaban J connectivity index is 2.20. The van der Waals surface area contributed by atoms with Crippen molar-refractivity contribution in [3.8, 4) is 5.75 Å². The van der Waals surface area contributed by atoms with E-state index < -0.39 is 32.8 Å². The number of esters is 1. The number of anilines is 1. The van der Waals surface area contributed by atoms with Crippen LogP contribution in [0.1, 0.15) is 54.0 Å². The number of nitrogen functional groups attached to an aromatic ring is 1. The largest absolute Gasteiger partial charge is 0.459 e. The lowest BCUT2D eigenvalue weighted by Crippen LogP contribution is -2.55. The van der Waals surface area contributed by atoms with E-state index in [-0.39, 0.29) is 22.7 Å². The Morgan fingerprint density at radius 3 is 2.25 bits per heavy atom. The SMILES string of the molecule is CC(=O)OC1[C@H](Oc2ccc(CO[Si](C)(C)C(C)(C)C)cc2N)OC(C(C)=O)[C@@H](C)[C@@H]1C.